The molecule has 7 nitrogen and oxygen atoms in total. The lowest BCUT2D eigenvalue weighted by atomic mass is 9.99. The Bertz CT molecular complexity index is 855. The highest BCUT2D eigenvalue weighted by Gasteiger charge is 2.36. The molecular formula is C18H20ClN5O2. The van der Waals surface area contributed by atoms with E-state index in [0.29, 0.717) is 35.5 Å². The largest absolute Gasteiger partial charge is 0.384 e. The first-order valence-corrected chi connectivity index (χ1v) is 8.49. The van der Waals surface area contributed by atoms with E-state index in [1.165, 1.54) is 12.4 Å². The van der Waals surface area contributed by atoms with Crippen molar-refractivity contribution < 1.29 is 9.53 Å². The van der Waals surface area contributed by atoms with Gasteiger partial charge in [-0.3, -0.25) is 4.79 Å². The number of carbonyl (C=O) groups is 1. The minimum absolute atomic E-state index is 0.160. The average molecular weight is 374 g/mol. The summed E-state index contributed by atoms with van der Waals surface area (Å²) in [5.41, 5.74) is 7.21. The van der Waals surface area contributed by atoms with Crippen LogP contribution in [0.15, 0.2) is 37.2 Å². The summed E-state index contributed by atoms with van der Waals surface area (Å²) in [5.74, 6) is 0.177. The number of ether oxygens (including phenoxy) is 1. The number of carbonyl (C=O) groups excluding carboxylic acids is 1. The van der Waals surface area contributed by atoms with Crippen LogP contribution < -0.4 is 5.73 Å². The Labute approximate surface area is 156 Å². The third kappa shape index (κ3) is 3.84. The van der Waals surface area contributed by atoms with Crippen molar-refractivity contribution in [3.63, 3.8) is 0 Å². The highest BCUT2D eigenvalue weighted by molar-refractivity contribution is 6.29. The van der Waals surface area contributed by atoms with Gasteiger partial charge in [0.2, 0.25) is 5.91 Å². The van der Waals surface area contributed by atoms with Gasteiger partial charge in [-0.15, -0.1) is 0 Å². The number of pyridine rings is 1. The zero-order valence-electron chi connectivity index (χ0n) is 14.6. The molecular weight excluding hydrogens is 354 g/mol. The minimum atomic E-state index is -0.435. The van der Waals surface area contributed by atoms with Crippen LogP contribution in [-0.4, -0.2) is 44.5 Å². The minimum Gasteiger partial charge on any atom is -0.384 e. The van der Waals surface area contributed by atoms with Gasteiger partial charge in [-0.2, -0.15) is 0 Å². The summed E-state index contributed by atoms with van der Waals surface area (Å²) in [6, 6.07) is 4.89. The average Bonchev–Trinajstić information content (AvgIpc) is 2.59. The third-order valence-corrected chi connectivity index (χ3v) is 4.36. The molecule has 1 atom stereocenters. The maximum absolute atomic E-state index is 12.4. The van der Waals surface area contributed by atoms with E-state index >= 15 is 0 Å². The number of halogens is 1. The SMILES string of the molecule is C=CC(=O)N1CC(C)(C)OCC1c1cc(Cl)nc(-c2cc(N)ncn2)c1. The van der Waals surface area contributed by atoms with Crippen LogP contribution >= 0.6 is 11.6 Å². The number of morpholine rings is 1. The van der Waals surface area contributed by atoms with Crippen LogP contribution in [0.1, 0.15) is 25.5 Å². The molecule has 2 N–H and O–H groups in total. The molecule has 3 rings (SSSR count). The van der Waals surface area contributed by atoms with Gasteiger partial charge >= 0.3 is 0 Å². The summed E-state index contributed by atoms with van der Waals surface area (Å²) in [6.45, 7) is 8.28. The van der Waals surface area contributed by atoms with Crippen LogP contribution in [0, 0.1) is 0 Å². The highest BCUT2D eigenvalue weighted by Crippen LogP contribution is 2.33. The van der Waals surface area contributed by atoms with E-state index in [0.717, 1.165) is 5.56 Å². The normalized spacial score (nSPS) is 19.2. The smallest absolute Gasteiger partial charge is 0.246 e. The molecule has 8 heteroatoms. The number of nitrogen functional groups attached to an aromatic ring is 1. The van der Waals surface area contributed by atoms with Crippen molar-refractivity contribution in [3.8, 4) is 11.4 Å². The first-order valence-electron chi connectivity index (χ1n) is 8.11. The van der Waals surface area contributed by atoms with Crippen LogP contribution in [0.5, 0.6) is 0 Å². The maximum Gasteiger partial charge on any atom is 0.246 e. The number of amides is 1. The Kier molecular flexibility index (Phi) is 4.93. The third-order valence-electron chi connectivity index (χ3n) is 4.17. The van der Waals surface area contributed by atoms with Crippen molar-refractivity contribution in [3.05, 3.63) is 47.9 Å². The summed E-state index contributed by atoms with van der Waals surface area (Å²) in [5, 5.41) is 0.297. The van der Waals surface area contributed by atoms with Gasteiger partial charge in [-0.1, -0.05) is 18.2 Å². The number of rotatable bonds is 3. The molecule has 0 spiro atoms. The number of hydrogen-bond donors (Lipinski definition) is 1. The van der Waals surface area contributed by atoms with Gasteiger partial charge in [0.05, 0.1) is 36.2 Å². The van der Waals surface area contributed by atoms with Gasteiger partial charge in [-0.05, 0) is 37.6 Å². The fourth-order valence-electron chi connectivity index (χ4n) is 2.94. The van der Waals surface area contributed by atoms with Crippen molar-refractivity contribution >= 4 is 23.3 Å². The number of aromatic nitrogens is 3. The molecule has 26 heavy (non-hydrogen) atoms. The summed E-state index contributed by atoms with van der Waals surface area (Å²) in [7, 11) is 0. The summed E-state index contributed by atoms with van der Waals surface area (Å²) in [4.78, 5) is 26.5. The van der Waals surface area contributed by atoms with Crippen LogP contribution in [0.25, 0.3) is 11.4 Å². The van der Waals surface area contributed by atoms with Crippen LogP contribution in [0.2, 0.25) is 5.15 Å². The predicted octanol–water partition coefficient (Wildman–Crippen LogP) is 2.64. The molecule has 1 saturated heterocycles. The molecule has 2 aromatic rings. The maximum atomic E-state index is 12.4. The quantitative estimate of drug-likeness (QED) is 0.656. The van der Waals surface area contributed by atoms with Crippen LogP contribution in [0.4, 0.5) is 5.82 Å². The van der Waals surface area contributed by atoms with E-state index in [-0.39, 0.29) is 11.9 Å². The number of anilines is 1. The molecule has 1 amide bonds. The molecule has 2 aromatic heterocycles. The van der Waals surface area contributed by atoms with Gasteiger partial charge in [-0.25, -0.2) is 15.0 Å². The molecule has 1 unspecified atom stereocenters. The van der Waals surface area contributed by atoms with Gasteiger partial charge < -0.3 is 15.4 Å². The molecule has 0 saturated carbocycles. The molecule has 0 bridgehead atoms. The van der Waals surface area contributed by atoms with Crippen molar-refractivity contribution in [2.75, 3.05) is 18.9 Å². The van der Waals surface area contributed by atoms with Crippen molar-refractivity contribution in [1.82, 2.24) is 19.9 Å². The van der Waals surface area contributed by atoms with Gasteiger partial charge in [0.1, 0.15) is 17.3 Å². The summed E-state index contributed by atoms with van der Waals surface area (Å²) in [6.07, 6.45) is 2.68. The first-order chi connectivity index (χ1) is 12.3. The molecule has 0 radical (unpaired) electrons. The number of nitrogens with two attached hydrogens (primary N) is 1. The topological polar surface area (TPSA) is 94.2 Å². The Hall–Kier alpha value is -2.51. The molecule has 0 aromatic carbocycles. The molecule has 1 aliphatic heterocycles. The Morgan fingerprint density at radius 1 is 1.38 bits per heavy atom. The molecule has 1 aliphatic rings. The molecule has 0 aliphatic carbocycles. The number of hydrogen-bond acceptors (Lipinski definition) is 6. The molecule has 3 heterocycles. The monoisotopic (exact) mass is 373 g/mol. The Balaban J connectivity index is 2.02. The van der Waals surface area contributed by atoms with Gasteiger partial charge in [0.25, 0.3) is 0 Å². The lowest BCUT2D eigenvalue weighted by molar-refractivity contribution is -0.151. The highest BCUT2D eigenvalue weighted by atomic mass is 35.5. The lowest BCUT2D eigenvalue weighted by Gasteiger charge is -2.43. The lowest BCUT2D eigenvalue weighted by Crippen LogP contribution is -2.51. The number of nitrogens with zero attached hydrogens (tertiary/aromatic N) is 4. The molecule has 136 valence electrons. The van der Waals surface area contributed by atoms with E-state index in [2.05, 4.69) is 21.5 Å². The van der Waals surface area contributed by atoms with E-state index < -0.39 is 5.60 Å². The second-order valence-electron chi connectivity index (χ2n) is 6.69. The van der Waals surface area contributed by atoms with Crippen molar-refractivity contribution in [2.45, 2.75) is 25.5 Å². The second-order valence-corrected chi connectivity index (χ2v) is 7.08. The van der Waals surface area contributed by atoms with Crippen LogP contribution in [-0.2, 0) is 9.53 Å². The zero-order valence-corrected chi connectivity index (χ0v) is 15.4. The standard InChI is InChI=1S/C18H20ClN5O2/c1-4-17(25)24-9-18(2,3)26-8-14(24)11-5-13(23-15(19)6-11)12-7-16(20)22-10-21-12/h4-7,10,14H,1,8-9H2,2-3H3,(H2,20,21,22). The second kappa shape index (κ2) is 7.01. The summed E-state index contributed by atoms with van der Waals surface area (Å²) >= 11 is 6.23. The van der Waals surface area contributed by atoms with E-state index in [4.69, 9.17) is 22.1 Å². The van der Waals surface area contributed by atoms with Crippen molar-refractivity contribution in [1.29, 1.82) is 0 Å². The van der Waals surface area contributed by atoms with E-state index in [9.17, 15) is 4.79 Å². The fraction of sp³-hybridized carbons (Fsp3) is 0.333. The Morgan fingerprint density at radius 2 is 2.15 bits per heavy atom. The van der Waals surface area contributed by atoms with Crippen LogP contribution in [0.3, 0.4) is 0 Å². The fourth-order valence-corrected chi connectivity index (χ4v) is 3.16. The van der Waals surface area contributed by atoms with Gasteiger partial charge in [0.15, 0.2) is 0 Å². The van der Waals surface area contributed by atoms with E-state index in [1.807, 2.05) is 19.9 Å². The Morgan fingerprint density at radius 3 is 2.85 bits per heavy atom. The predicted molar refractivity (Wildman–Crippen MR) is 99.4 cm³/mol. The zero-order chi connectivity index (χ0) is 18.9. The first kappa shape index (κ1) is 18.3. The van der Waals surface area contributed by atoms with Gasteiger partial charge in [0, 0.05) is 6.07 Å². The molecule has 1 fully saturated rings. The van der Waals surface area contributed by atoms with E-state index in [1.54, 1.807) is 17.0 Å². The van der Waals surface area contributed by atoms with Crippen molar-refractivity contribution in [2.24, 2.45) is 0 Å². The summed E-state index contributed by atoms with van der Waals surface area (Å²) < 4.78 is 5.92.